The first-order valence-electron chi connectivity index (χ1n) is 3.27. The van der Waals surface area contributed by atoms with E-state index in [-0.39, 0.29) is 5.96 Å². The maximum atomic E-state index is 5.17. The summed E-state index contributed by atoms with van der Waals surface area (Å²) in [5.74, 6) is 0.0497. The molecule has 4 nitrogen and oxygen atoms in total. The molecular weight excluding hydrogens is 140 g/mol. The third kappa shape index (κ3) is 5.02. The van der Waals surface area contributed by atoms with Crippen LogP contribution in [0.3, 0.4) is 0 Å². The van der Waals surface area contributed by atoms with Crippen LogP contribution in [0, 0.1) is 0 Å². The lowest BCUT2D eigenvalue weighted by molar-refractivity contribution is 0.355. The Bertz CT molecular complexity index is 148. The van der Waals surface area contributed by atoms with Crippen LogP contribution < -0.4 is 11.5 Å². The van der Waals surface area contributed by atoms with Crippen molar-refractivity contribution in [2.45, 2.75) is 0 Å². The van der Waals surface area contributed by atoms with Gasteiger partial charge in [-0.2, -0.15) is 0 Å². The number of nitrogens with zero attached hydrogens (tertiary/aromatic N) is 2. The molecule has 0 heterocycles. The summed E-state index contributed by atoms with van der Waals surface area (Å²) in [7, 11) is 0. The van der Waals surface area contributed by atoms with Crippen LogP contribution >= 0.6 is 0 Å². The summed E-state index contributed by atoms with van der Waals surface area (Å²) in [5.41, 5.74) is 10.3. The molecule has 0 aromatic carbocycles. The minimum atomic E-state index is 0.0497. The Kier molecular flexibility index (Phi) is 4.64. The van der Waals surface area contributed by atoms with E-state index in [2.05, 4.69) is 18.3 Å². The highest BCUT2D eigenvalue weighted by Gasteiger charge is 1.93. The van der Waals surface area contributed by atoms with E-state index in [1.54, 1.807) is 17.2 Å². The zero-order valence-electron chi connectivity index (χ0n) is 6.53. The van der Waals surface area contributed by atoms with Gasteiger partial charge in [0.1, 0.15) is 0 Å². The number of rotatable bonds is 5. The van der Waals surface area contributed by atoms with Crippen LogP contribution in [0.5, 0.6) is 0 Å². The van der Waals surface area contributed by atoms with Gasteiger partial charge in [-0.3, -0.25) is 5.01 Å². The first kappa shape index (κ1) is 9.55. The summed E-state index contributed by atoms with van der Waals surface area (Å²) < 4.78 is 0. The number of hydrogen-bond acceptors (Lipinski definition) is 2. The van der Waals surface area contributed by atoms with E-state index < -0.39 is 0 Å². The quantitative estimate of drug-likeness (QED) is 0.250. The van der Waals surface area contributed by atoms with Crippen LogP contribution in [0.2, 0.25) is 0 Å². The standard InChI is InChI=1S/C7H14N4/c1-3-5-11(6-4-2)10-7(8)9/h3-4H,1-2,5-6H2,(H4,8,9,10). The molecule has 0 aliphatic heterocycles. The van der Waals surface area contributed by atoms with Gasteiger partial charge in [-0.05, 0) is 0 Å². The highest BCUT2D eigenvalue weighted by atomic mass is 15.5. The molecule has 0 unspecified atom stereocenters. The first-order chi connectivity index (χ1) is 5.20. The second kappa shape index (κ2) is 5.34. The zero-order valence-corrected chi connectivity index (χ0v) is 6.53. The van der Waals surface area contributed by atoms with E-state index in [1.807, 2.05) is 0 Å². The SMILES string of the molecule is C=CCN(CC=C)N=C(N)N. The van der Waals surface area contributed by atoms with E-state index in [4.69, 9.17) is 11.5 Å². The fourth-order valence-electron chi connectivity index (χ4n) is 0.618. The van der Waals surface area contributed by atoms with E-state index in [0.29, 0.717) is 13.1 Å². The van der Waals surface area contributed by atoms with Crippen molar-refractivity contribution in [3.05, 3.63) is 25.3 Å². The topological polar surface area (TPSA) is 67.6 Å². The van der Waals surface area contributed by atoms with Crippen LogP contribution in [-0.2, 0) is 0 Å². The molecule has 0 aliphatic carbocycles. The summed E-state index contributed by atoms with van der Waals surface area (Å²) in [5, 5.41) is 5.48. The van der Waals surface area contributed by atoms with E-state index >= 15 is 0 Å². The molecule has 0 aromatic heterocycles. The molecule has 0 amide bonds. The minimum absolute atomic E-state index is 0.0497. The van der Waals surface area contributed by atoms with Crippen LogP contribution in [0.1, 0.15) is 0 Å². The fraction of sp³-hybridized carbons (Fsp3) is 0.286. The van der Waals surface area contributed by atoms with Crippen LogP contribution in [0.25, 0.3) is 0 Å². The normalized spacial score (nSPS) is 8.36. The van der Waals surface area contributed by atoms with Crippen LogP contribution in [-0.4, -0.2) is 24.1 Å². The third-order valence-electron chi connectivity index (χ3n) is 0.937. The molecule has 0 saturated carbocycles. The molecule has 4 heteroatoms. The molecule has 62 valence electrons. The van der Waals surface area contributed by atoms with Crippen molar-refractivity contribution < 1.29 is 0 Å². The van der Waals surface area contributed by atoms with Crippen LogP contribution in [0.4, 0.5) is 0 Å². The summed E-state index contributed by atoms with van der Waals surface area (Å²) in [6, 6.07) is 0. The summed E-state index contributed by atoms with van der Waals surface area (Å²) in [4.78, 5) is 0. The molecule has 4 N–H and O–H groups in total. The molecule has 0 spiro atoms. The van der Waals surface area contributed by atoms with Gasteiger partial charge >= 0.3 is 0 Å². The van der Waals surface area contributed by atoms with Gasteiger partial charge < -0.3 is 11.5 Å². The van der Waals surface area contributed by atoms with Gasteiger partial charge in [-0.15, -0.1) is 18.3 Å². The van der Waals surface area contributed by atoms with E-state index in [0.717, 1.165) is 0 Å². The molecule has 11 heavy (non-hydrogen) atoms. The average Bonchev–Trinajstić information content (AvgIpc) is 1.87. The molecule has 0 rings (SSSR count). The molecule has 0 radical (unpaired) electrons. The van der Waals surface area contributed by atoms with Crippen molar-refractivity contribution in [3.63, 3.8) is 0 Å². The van der Waals surface area contributed by atoms with Crippen molar-refractivity contribution in [1.82, 2.24) is 5.01 Å². The lowest BCUT2D eigenvalue weighted by Crippen LogP contribution is -2.29. The largest absolute Gasteiger partial charge is 0.369 e. The van der Waals surface area contributed by atoms with E-state index in [1.165, 1.54) is 0 Å². The maximum absolute atomic E-state index is 5.17. The molecule has 0 fully saturated rings. The molecule has 0 atom stereocenters. The van der Waals surface area contributed by atoms with Crippen molar-refractivity contribution in [2.75, 3.05) is 13.1 Å². The van der Waals surface area contributed by atoms with Crippen molar-refractivity contribution in [3.8, 4) is 0 Å². The number of nitrogens with two attached hydrogens (primary N) is 2. The smallest absolute Gasteiger partial charge is 0.208 e. The van der Waals surface area contributed by atoms with Gasteiger partial charge in [0.25, 0.3) is 0 Å². The van der Waals surface area contributed by atoms with Gasteiger partial charge in [0, 0.05) is 0 Å². The second-order valence-electron chi connectivity index (χ2n) is 1.97. The molecule has 0 aliphatic rings. The molecule has 0 bridgehead atoms. The Morgan fingerprint density at radius 2 is 1.73 bits per heavy atom. The van der Waals surface area contributed by atoms with Crippen molar-refractivity contribution in [2.24, 2.45) is 16.6 Å². The van der Waals surface area contributed by atoms with Gasteiger partial charge in [0.15, 0.2) is 0 Å². The Hall–Kier alpha value is -1.45. The van der Waals surface area contributed by atoms with Gasteiger partial charge in [-0.1, -0.05) is 12.2 Å². The number of hydrazone groups is 1. The summed E-state index contributed by atoms with van der Waals surface area (Å²) >= 11 is 0. The third-order valence-corrected chi connectivity index (χ3v) is 0.937. The Balaban J connectivity index is 3.97. The lowest BCUT2D eigenvalue weighted by atomic mass is 10.5. The summed E-state index contributed by atoms with van der Waals surface area (Å²) in [6.07, 6.45) is 3.44. The molecule has 0 aromatic rings. The fourth-order valence-corrected chi connectivity index (χ4v) is 0.618. The number of hydrogen-bond donors (Lipinski definition) is 2. The van der Waals surface area contributed by atoms with Crippen LogP contribution in [0.15, 0.2) is 30.4 Å². The molecular formula is C7H14N4. The minimum Gasteiger partial charge on any atom is -0.369 e. The second-order valence-corrected chi connectivity index (χ2v) is 1.97. The first-order valence-corrected chi connectivity index (χ1v) is 3.27. The Morgan fingerprint density at radius 3 is 2.00 bits per heavy atom. The average molecular weight is 154 g/mol. The zero-order chi connectivity index (χ0) is 8.69. The Morgan fingerprint density at radius 1 is 1.27 bits per heavy atom. The lowest BCUT2D eigenvalue weighted by Gasteiger charge is -2.14. The van der Waals surface area contributed by atoms with Gasteiger partial charge in [0.2, 0.25) is 5.96 Å². The van der Waals surface area contributed by atoms with Crippen molar-refractivity contribution >= 4 is 5.96 Å². The highest BCUT2D eigenvalue weighted by Crippen LogP contribution is 1.88. The predicted octanol–water partition coefficient (Wildman–Crippen LogP) is -0.151. The number of guanidine groups is 1. The molecule has 0 saturated heterocycles. The van der Waals surface area contributed by atoms with Gasteiger partial charge in [-0.25, -0.2) is 0 Å². The van der Waals surface area contributed by atoms with Crippen molar-refractivity contribution in [1.29, 1.82) is 0 Å². The Labute approximate surface area is 66.9 Å². The summed E-state index contributed by atoms with van der Waals surface area (Å²) in [6.45, 7) is 8.36. The highest BCUT2D eigenvalue weighted by molar-refractivity contribution is 5.75. The monoisotopic (exact) mass is 154 g/mol. The van der Waals surface area contributed by atoms with Gasteiger partial charge in [0.05, 0.1) is 13.1 Å². The maximum Gasteiger partial charge on any atom is 0.208 e. The van der Waals surface area contributed by atoms with E-state index in [9.17, 15) is 0 Å². The predicted molar refractivity (Wildman–Crippen MR) is 47.8 cm³/mol.